The Bertz CT molecular complexity index is 999. The predicted octanol–water partition coefficient (Wildman–Crippen LogP) is 6.26. The Morgan fingerprint density at radius 1 is 1.12 bits per heavy atom. The summed E-state index contributed by atoms with van der Waals surface area (Å²) in [5, 5.41) is 15.9. The van der Waals surface area contributed by atoms with Crippen LogP contribution in [0.15, 0.2) is 47.6 Å². The van der Waals surface area contributed by atoms with E-state index < -0.39 is 17.7 Å². The van der Waals surface area contributed by atoms with Gasteiger partial charge in [0.1, 0.15) is 6.61 Å². The zero-order valence-corrected chi connectivity index (χ0v) is 19.3. The highest BCUT2D eigenvalue weighted by Crippen LogP contribution is 2.41. The summed E-state index contributed by atoms with van der Waals surface area (Å²) in [4.78, 5) is 16.0. The maximum Gasteiger partial charge on any atom is 0.416 e. The molecule has 3 rings (SSSR count). The molecule has 5 nitrogen and oxygen atoms in total. The highest BCUT2D eigenvalue weighted by molar-refractivity contribution is 5.98. The molecule has 0 radical (unpaired) electrons. The molecule has 0 amide bonds. The van der Waals surface area contributed by atoms with Gasteiger partial charge in [-0.1, -0.05) is 54.8 Å². The SMILES string of the molecule is CC(=NOCc1ccc(C2CCCCC2)c(C(F)(F)F)c1)c1cccc(CNCCC(=O)O)c1. The number of carbonyl (C=O) groups is 1. The van der Waals surface area contributed by atoms with Crippen LogP contribution in [0.5, 0.6) is 0 Å². The Labute approximate surface area is 198 Å². The van der Waals surface area contributed by atoms with E-state index in [-0.39, 0.29) is 18.9 Å². The first-order valence-corrected chi connectivity index (χ1v) is 11.6. The monoisotopic (exact) mass is 476 g/mol. The molecule has 0 atom stereocenters. The fraction of sp³-hybridized carbons (Fsp3) is 0.462. The van der Waals surface area contributed by atoms with Gasteiger partial charge in [0.25, 0.3) is 0 Å². The molecule has 0 aliphatic heterocycles. The number of oxime groups is 1. The minimum absolute atomic E-state index is 0.0356. The molecular formula is C26H31F3N2O3. The number of hydrogen-bond donors (Lipinski definition) is 2. The predicted molar refractivity (Wildman–Crippen MR) is 125 cm³/mol. The molecule has 0 unspecified atom stereocenters. The van der Waals surface area contributed by atoms with Gasteiger partial charge in [-0.25, -0.2) is 0 Å². The van der Waals surface area contributed by atoms with Crippen LogP contribution in [0.2, 0.25) is 0 Å². The van der Waals surface area contributed by atoms with Crippen molar-refractivity contribution in [2.24, 2.45) is 5.16 Å². The average Bonchev–Trinajstić information content (AvgIpc) is 2.82. The van der Waals surface area contributed by atoms with E-state index in [9.17, 15) is 18.0 Å². The Kier molecular flexibility index (Phi) is 9.10. The van der Waals surface area contributed by atoms with Gasteiger partial charge in [-0.05, 0) is 60.1 Å². The zero-order valence-electron chi connectivity index (χ0n) is 19.3. The number of hydrogen-bond acceptors (Lipinski definition) is 4. The third kappa shape index (κ3) is 7.58. The lowest BCUT2D eigenvalue weighted by atomic mass is 9.81. The van der Waals surface area contributed by atoms with Crippen LogP contribution in [0.1, 0.15) is 79.2 Å². The lowest BCUT2D eigenvalue weighted by molar-refractivity contribution is -0.139. The van der Waals surface area contributed by atoms with Crippen LogP contribution < -0.4 is 5.32 Å². The van der Waals surface area contributed by atoms with Gasteiger partial charge >= 0.3 is 12.1 Å². The van der Waals surface area contributed by atoms with E-state index in [0.717, 1.165) is 43.2 Å². The van der Waals surface area contributed by atoms with E-state index in [4.69, 9.17) is 9.94 Å². The summed E-state index contributed by atoms with van der Waals surface area (Å²) in [5.74, 6) is -0.890. The number of nitrogens with zero attached hydrogens (tertiary/aromatic N) is 1. The maximum absolute atomic E-state index is 13.7. The van der Waals surface area contributed by atoms with Gasteiger partial charge in [0.15, 0.2) is 0 Å². The van der Waals surface area contributed by atoms with Crippen molar-refractivity contribution in [1.82, 2.24) is 5.32 Å². The molecule has 184 valence electrons. The second-order valence-electron chi connectivity index (χ2n) is 8.73. The van der Waals surface area contributed by atoms with E-state index in [2.05, 4.69) is 10.5 Å². The fourth-order valence-corrected chi connectivity index (χ4v) is 4.30. The molecule has 1 saturated carbocycles. The second kappa shape index (κ2) is 12.0. The molecule has 34 heavy (non-hydrogen) atoms. The summed E-state index contributed by atoms with van der Waals surface area (Å²) in [6, 6.07) is 12.1. The van der Waals surface area contributed by atoms with Crippen LogP contribution in [0, 0.1) is 0 Å². The molecule has 0 heterocycles. The summed E-state index contributed by atoms with van der Waals surface area (Å²) >= 11 is 0. The number of carboxylic acids is 1. The van der Waals surface area contributed by atoms with Crippen molar-refractivity contribution in [3.05, 3.63) is 70.3 Å². The van der Waals surface area contributed by atoms with Crippen LogP contribution in [0.25, 0.3) is 0 Å². The van der Waals surface area contributed by atoms with Crippen molar-refractivity contribution in [1.29, 1.82) is 0 Å². The van der Waals surface area contributed by atoms with Crippen LogP contribution in [0.4, 0.5) is 13.2 Å². The van der Waals surface area contributed by atoms with Crippen molar-refractivity contribution in [2.45, 2.75) is 70.7 Å². The number of alkyl halides is 3. The number of aliphatic carboxylic acids is 1. The molecule has 8 heteroatoms. The lowest BCUT2D eigenvalue weighted by Crippen LogP contribution is -2.17. The number of rotatable bonds is 10. The molecule has 2 aromatic rings. The Morgan fingerprint density at radius 3 is 2.59 bits per heavy atom. The molecule has 2 N–H and O–H groups in total. The van der Waals surface area contributed by atoms with Crippen LogP contribution in [0.3, 0.4) is 0 Å². The Hall–Kier alpha value is -2.87. The van der Waals surface area contributed by atoms with Crippen molar-refractivity contribution in [2.75, 3.05) is 6.54 Å². The van der Waals surface area contributed by atoms with Crippen molar-refractivity contribution < 1.29 is 27.9 Å². The van der Waals surface area contributed by atoms with Gasteiger partial charge in [0.2, 0.25) is 0 Å². The summed E-state index contributed by atoms with van der Waals surface area (Å²) in [7, 11) is 0. The van der Waals surface area contributed by atoms with E-state index in [0.29, 0.717) is 29.9 Å². The molecule has 0 saturated heterocycles. The molecule has 1 fully saturated rings. The molecule has 0 aromatic heterocycles. The first-order chi connectivity index (χ1) is 16.2. The zero-order chi connectivity index (χ0) is 24.6. The quantitative estimate of drug-likeness (QED) is 0.241. The topological polar surface area (TPSA) is 70.9 Å². The largest absolute Gasteiger partial charge is 0.481 e. The highest BCUT2D eigenvalue weighted by atomic mass is 19.4. The third-order valence-corrected chi connectivity index (χ3v) is 6.09. The van der Waals surface area contributed by atoms with Gasteiger partial charge in [-0.3, -0.25) is 4.79 Å². The second-order valence-corrected chi connectivity index (χ2v) is 8.73. The van der Waals surface area contributed by atoms with E-state index in [1.54, 1.807) is 19.1 Å². The summed E-state index contributed by atoms with van der Waals surface area (Å²) in [6.07, 6.45) is 0.284. The maximum atomic E-state index is 13.7. The summed E-state index contributed by atoms with van der Waals surface area (Å²) in [6.45, 7) is 2.60. The standard InChI is InChI=1S/C26H31F3N2O3/c1-18(22-9-5-6-19(14-22)16-30-13-12-25(32)33)31-34-17-20-10-11-23(21-7-3-2-4-8-21)24(15-20)26(27,28)29/h5-6,9-11,14-15,21,30H,2-4,7-8,12-13,16-17H2,1H3,(H,32,33). The van der Waals surface area contributed by atoms with Crippen molar-refractivity contribution in [3.63, 3.8) is 0 Å². The van der Waals surface area contributed by atoms with Gasteiger partial charge in [-0.2, -0.15) is 13.2 Å². The van der Waals surface area contributed by atoms with E-state index in [1.807, 2.05) is 24.3 Å². The van der Waals surface area contributed by atoms with Crippen molar-refractivity contribution in [3.8, 4) is 0 Å². The minimum Gasteiger partial charge on any atom is -0.481 e. The summed E-state index contributed by atoms with van der Waals surface area (Å²) < 4.78 is 41.2. The Balaban J connectivity index is 1.63. The fourth-order valence-electron chi connectivity index (χ4n) is 4.30. The number of carboxylic acid groups (broad SMARTS) is 1. The van der Waals surface area contributed by atoms with E-state index >= 15 is 0 Å². The van der Waals surface area contributed by atoms with Gasteiger partial charge in [-0.15, -0.1) is 0 Å². The van der Waals surface area contributed by atoms with Gasteiger partial charge in [0, 0.05) is 13.1 Å². The van der Waals surface area contributed by atoms with Crippen LogP contribution in [-0.4, -0.2) is 23.3 Å². The molecule has 1 aliphatic rings. The van der Waals surface area contributed by atoms with Crippen LogP contribution in [-0.2, 0) is 29.0 Å². The third-order valence-electron chi connectivity index (χ3n) is 6.09. The molecular weight excluding hydrogens is 445 g/mol. The molecule has 0 spiro atoms. The molecule has 0 bridgehead atoms. The molecule has 1 aliphatic carbocycles. The van der Waals surface area contributed by atoms with E-state index in [1.165, 1.54) is 6.07 Å². The number of benzene rings is 2. The van der Waals surface area contributed by atoms with Gasteiger partial charge in [0.05, 0.1) is 17.7 Å². The molecule has 2 aromatic carbocycles. The van der Waals surface area contributed by atoms with Gasteiger partial charge < -0.3 is 15.3 Å². The van der Waals surface area contributed by atoms with Crippen LogP contribution >= 0.6 is 0 Å². The Morgan fingerprint density at radius 2 is 1.88 bits per heavy atom. The normalized spacial score (nSPS) is 15.4. The highest BCUT2D eigenvalue weighted by Gasteiger charge is 2.35. The first kappa shape index (κ1) is 25.7. The number of halogens is 3. The number of nitrogens with one attached hydrogen (secondary N) is 1. The lowest BCUT2D eigenvalue weighted by Gasteiger charge is -2.25. The smallest absolute Gasteiger partial charge is 0.416 e. The average molecular weight is 477 g/mol. The first-order valence-electron chi connectivity index (χ1n) is 11.6. The van der Waals surface area contributed by atoms with Crippen molar-refractivity contribution >= 4 is 11.7 Å². The summed E-state index contributed by atoms with van der Waals surface area (Å²) in [5.41, 5.74) is 2.64. The minimum atomic E-state index is -4.40.